The lowest BCUT2D eigenvalue weighted by Crippen LogP contribution is -2.51. The van der Waals surface area contributed by atoms with Crippen LogP contribution in [-0.4, -0.2) is 46.9 Å². The Labute approximate surface area is 239 Å². The van der Waals surface area contributed by atoms with E-state index in [1.165, 1.54) is 6.92 Å². The second kappa shape index (κ2) is 7.78. The van der Waals surface area contributed by atoms with E-state index in [0.29, 0.717) is 36.8 Å². The van der Waals surface area contributed by atoms with Crippen LogP contribution >= 0.6 is 11.6 Å². The molecule has 7 rings (SSSR count). The fourth-order valence-corrected chi connectivity index (χ4v) is 11.1. The summed E-state index contributed by atoms with van der Waals surface area (Å²) in [5, 5.41) is -0.461. The maximum absolute atomic E-state index is 14.5. The summed E-state index contributed by atoms with van der Waals surface area (Å²) in [5.74, 6) is -2.51. The highest BCUT2D eigenvalue weighted by molar-refractivity contribution is 6.21. The summed E-state index contributed by atoms with van der Waals surface area (Å²) in [7, 11) is 0. The van der Waals surface area contributed by atoms with Crippen molar-refractivity contribution in [1.29, 1.82) is 0 Å². The first-order valence-corrected chi connectivity index (χ1v) is 14.7. The lowest BCUT2D eigenvalue weighted by atomic mass is 9.55. The maximum Gasteiger partial charge on any atom is 0.334 e. The zero-order valence-electron chi connectivity index (χ0n) is 23.5. The normalized spacial score (nSPS) is 50.1. The third-order valence-corrected chi connectivity index (χ3v) is 12.5. The summed E-state index contributed by atoms with van der Waals surface area (Å²) in [4.78, 5) is 53.0. The number of ether oxygens (including phenoxy) is 3. The minimum Gasteiger partial charge on any atom is -0.461 e. The van der Waals surface area contributed by atoms with Crippen molar-refractivity contribution < 1.29 is 33.4 Å². The molecule has 11 atom stereocenters. The van der Waals surface area contributed by atoms with Gasteiger partial charge in [-0.1, -0.05) is 36.8 Å². The Kier molecular flexibility index (Phi) is 5.11. The van der Waals surface area contributed by atoms with Gasteiger partial charge in [0, 0.05) is 57.9 Å². The van der Waals surface area contributed by atoms with Gasteiger partial charge in [0.1, 0.15) is 17.8 Å². The fraction of sp³-hybridized carbons (Fsp3) is 0.625. The Hall–Kier alpha value is -2.67. The molecular formula is C32H35ClO7. The molecule has 212 valence electrons. The first-order valence-electron chi connectivity index (χ1n) is 14.3. The van der Waals surface area contributed by atoms with Crippen LogP contribution in [-0.2, 0) is 33.4 Å². The molecule has 0 amide bonds. The lowest BCUT2D eigenvalue weighted by molar-refractivity contribution is -0.175. The average Bonchev–Trinajstić information content (AvgIpc) is 3.53. The van der Waals surface area contributed by atoms with Gasteiger partial charge < -0.3 is 14.2 Å². The predicted molar refractivity (Wildman–Crippen MR) is 145 cm³/mol. The highest BCUT2D eigenvalue weighted by Crippen LogP contribution is 2.80. The summed E-state index contributed by atoms with van der Waals surface area (Å²) in [6.45, 7) is 13.4. The molecule has 2 bridgehead atoms. The molecule has 1 spiro atoms. The first kappa shape index (κ1) is 26.2. The molecule has 0 aromatic carbocycles. The predicted octanol–water partition coefficient (Wildman–Crippen LogP) is 4.78. The summed E-state index contributed by atoms with van der Waals surface area (Å²) >= 11 is 7.29. The van der Waals surface area contributed by atoms with Gasteiger partial charge in [-0.05, 0) is 52.5 Å². The van der Waals surface area contributed by atoms with Gasteiger partial charge in [-0.3, -0.25) is 14.4 Å². The van der Waals surface area contributed by atoms with Gasteiger partial charge in [0.05, 0.1) is 5.41 Å². The molecule has 2 saturated carbocycles. The van der Waals surface area contributed by atoms with Gasteiger partial charge >= 0.3 is 17.9 Å². The number of hydrogen-bond acceptors (Lipinski definition) is 7. The fourth-order valence-electron chi connectivity index (χ4n) is 10.5. The topological polar surface area (TPSA) is 96.0 Å². The third kappa shape index (κ3) is 2.74. The molecule has 7 nitrogen and oxygen atoms in total. The number of carbonyl (C=O) groups is 4. The van der Waals surface area contributed by atoms with Crippen molar-refractivity contribution >= 4 is 35.3 Å². The summed E-state index contributed by atoms with van der Waals surface area (Å²) in [6.07, 6.45) is 6.65. The number of ketones is 1. The number of esters is 3. The van der Waals surface area contributed by atoms with Crippen molar-refractivity contribution in [3.8, 4) is 0 Å². The molecule has 0 N–H and O–H groups in total. The van der Waals surface area contributed by atoms with E-state index in [9.17, 15) is 19.2 Å². The molecule has 2 saturated heterocycles. The molecule has 8 unspecified atom stereocenters. The van der Waals surface area contributed by atoms with Crippen LogP contribution < -0.4 is 0 Å². The van der Waals surface area contributed by atoms with E-state index in [2.05, 4.69) is 25.7 Å². The van der Waals surface area contributed by atoms with E-state index >= 15 is 0 Å². The monoisotopic (exact) mass is 566 g/mol. The first-order chi connectivity index (χ1) is 18.7. The molecule has 4 fully saturated rings. The van der Waals surface area contributed by atoms with Crippen molar-refractivity contribution in [2.75, 3.05) is 0 Å². The summed E-state index contributed by atoms with van der Waals surface area (Å²) in [5.41, 5.74) is -0.680. The standard InChI is InChI=1S/C32H35ClO7/c1-14-11-19(33)23-25(22-15(2)12-20(35)21(14)22)39-28(37)32(23)13-31-10-9-29(32,5)26(31)24-18(16(3)27(36)38-24)7-8-30(31,6)40-17(4)34/h9-10,12,18-19,22-26H,3,7-8,11,13H2,1-2,4-6H3/t18?,19-,22?,23?,24?,25?,26?,29+,30-,31?,32?/m0/s1. The van der Waals surface area contributed by atoms with Crippen molar-refractivity contribution in [3.05, 3.63) is 47.1 Å². The number of hydrogen-bond donors (Lipinski definition) is 0. The van der Waals surface area contributed by atoms with E-state index in [-0.39, 0.29) is 29.5 Å². The van der Waals surface area contributed by atoms with E-state index in [1.54, 1.807) is 6.08 Å². The molecule has 5 aliphatic carbocycles. The van der Waals surface area contributed by atoms with Crippen molar-refractivity contribution in [3.63, 3.8) is 0 Å². The van der Waals surface area contributed by atoms with Gasteiger partial charge in [0.2, 0.25) is 0 Å². The van der Waals surface area contributed by atoms with Gasteiger partial charge in [-0.2, -0.15) is 0 Å². The van der Waals surface area contributed by atoms with Crippen LogP contribution in [0.4, 0.5) is 0 Å². The highest BCUT2D eigenvalue weighted by atomic mass is 35.5. The SMILES string of the molecule is C=C1C(=O)OC2C1CC[C@](C)(OC(C)=O)C13C=C[C@](C)(C21)C1(C3)C(=O)OC2C3C(C)=CC(=O)C3=C(C)C[C@H](Cl)C21. The van der Waals surface area contributed by atoms with Crippen molar-refractivity contribution in [1.82, 2.24) is 0 Å². The quantitative estimate of drug-likeness (QED) is 0.148. The lowest BCUT2D eigenvalue weighted by Gasteiger charge is -2.47. The molecule has 0 radical (unpaired) electrons. The number of carbonyl (C=O) groups excluding carboxylic acids is 4. The Morgan fingerprint density at radius 1 is 1.12 bits per heavy atom. The highest BCUT2D eigenvalue weighted by Gasteiger charge is 2.84. The van der Waals surface area contributed by atoms with E-state index in [0.717, 1.165) is 11.1 Å². The van der Waals surface area contributed by atoms with Crippen LogP contribution in [0.25, 0.3) is 0 Å². The maximum atomic E-state index is 14.5. The second-order valence-corrected chi connectivity index (χ2v) is 14.2. The van der Waals surface area contributed by atoms with Crippen LogP contribution in [0.3, 0.4) is 0 Å². The minimum atomic E-state index is -1.06. The van der Waals surface area contributed by atoms with Crippen molar-refractivity contribution in [2.24, 2.45) is 39.9 Å². The molecular weight excluding hydrogens is 532 g/mol. The minimum absolute atomic E-state index is 0.0361. The number of rotatable bonds is 1. The zero-order valence-corrected chi connectivity index (χ0v) is 24.3. The Bertz CT molecular complexity index is 1420. The number of halogens is 1. The molecule has 2 heterocycles. The largest absolute Gasteiger partial charge is 0.461 e. The number of alkyl halides is 1. The average molecular weight is 567 g/mol. The molecule has 40 heavy (non-hydrogen) atoms. The van der Waals surface area contributed by atoms with E-state index in [1.807, 2.05) is 20.8 Å². The number of allylic oxidation sites excluding steroid dienone is 3. The Balaban J connectivity index is 1.44. The molecule has 2 aliphatic heterocycles. The second-order valence-electron chi connectivity index (χ2n) is 13.7. The molecule has 7 aliphatic rings. The van der Waals surface area contributed by atoms with Gasteiger partial charge in [0.15, 0.2) is 5.78 Å². The third-order valence-electron chi connectivity index (χ3n) is 12.1. The van der Waals surface area contributed by atoms with Crippen LogP contribution in [0, 0.1) is 39.9 Å². The van der Waals surface area contributed by atoms with Gasteiger partial charge in [-0.15, -0.1) is 11.6 Å². The summed E-state index contributed by atoms with van der Waals surface area (Å²) < 4.78 is 18.7. The van der Waals surface area contributed by atoms with Crippen LogP contribution in [0.1, 0.15) is 60.3 Å². The van der Waals surface area contributed by atoms with Crippen LogP contribution in [0.2, 0.25) is 0 Å². The summed E-state index contributed by atoms with van der Waals surface area (Å²) in [6, 6.07) is 0. The Morgan fingerprint density at radius 3 is 2.55 bits per heavy atom. The number of fused-ring (bicyclic) bond motifs is 6. The Morgan fingerprint density at radius 2 is 1.85 bits per heavy atom. The van der Waals surface area contributed by atoms with Crippen molar-refractivity contribution in [2.45, 2.75) is 83.5 Å². The molecule has 0 aromatic rings. The zero-order chi connectivity index (χ0) is 28.7. The van der Waals surface area contributed by atoms with E-state index in [4.69, 9.17) is 25.8 Å². The molecule has 0 aromatic heterocycles. The van der Waals surface area contributed by atoms with Gasteiger partial charge in [0.25, 0.3) is 0 Å². The molecule has 8 heteroatoms. The smallest absolute Gasteiger partial charge is 0.334 e. The van der Waals surface area contributed by atoms with E-state index < -0.39 is 57.3 Å². The van der Waals surface area contributed by atoms with Crippen LogP contribution in [0.15, 0.2) is 47.1 Å². The van der Waals surface area contributed by atoms with Gasteiger partial charge in [-0.25, -0.2) is 4.79 Å². The van der Waals surface area contributed by atoms with Crippen LogP contribution in [0.5, 0.6) is 0 Å².